The summed E-state index contributed by atoms with van der Waals surface area (Å²) in [4.78, 5) is 0. The Labute approximate surface area is 142 Å². The molecule has 0 radical (unpaired) electrons. The molecule has 2 rings (SSSR count). The van der Waals surface area contributed by atoms with Crippen molar-refractivity contribution < 1.29 is 13.2 Å². The van der Waals surface area contributed by atoms with Gasteiger partial charge in [-0.15, -0.1) is 0 Å². The van der Waals surface area contributed by atoms with Crippen LogP contribution in [0.1, 0.15) is 22.7 Å². The summed E-state index contributed by atoms with van der Waals surface area (Å²) in [6.07, 6.45) is -4.43. The van der Waals surface area contributed by atoms with Crippen molar-refractivity contribution in [1.82, 2.24) is 5.43 Å². The van der Waals surface area contributed by atoms with E-state index in [-0.39, 0.29) is 5.56 Å². The summed E-state index contributed by atoms with van der Waals surface area (Å²) in [6.45, 7) is 0. The molecule has 0 aliphatic rings. The maximum absolute atomic E-state index is 13.2. The molecule has 3 N–H and O–H groups in total. The van der Waals surface area contributed by atoms with Crippen LogP contribution in [0.25, 0.3) is 0 Å². The highest BCUT2D eigenvalue weighted by Gasteiger charge is 2.35. The Bertz CT molecular complexity index is 646. The summed E-state index contributed by atoms with van der Waals surface area (Å²) in [6, 6.07) is 10.1. The third kappa shape index (κ3) is 3.77. The fraction of sp³-hybridized carbons (Fsp3) is 0.143. The molecule has 0 aliphatic carbocycles. The van der Waals surface area contributed by atoms with E-state index in [1.54, 1.807) is 18.2 Å². The molecule has 2 aromatic rings. The largest absolute Gasteiger partial charge is 0.416 e. The van der Waals surface area contributed by atoms with Gasteiger partial charge in [0.05, 0.1) is 11.6 Å². The van der Waals surface area contributed by atoms with Crippen LogP contribution in [0.3, 0.4) is 0 Å². The molecular formula is C14H11BrF3IN2. The van der Waals surface area contributed by atoms with Gasteiger partial charge in [0.15, 0.2) is 0 Å². The molecule has 0 bridgehead atoms. The Morgan fingerprint density at radius 3 is 2.38 bits per heavy atom. The third-order valence-electron chi connectivity index (χ3n) is 3.01. The van der Waals surface area contributed by atoms with E-state index in [1.165, 1.54) is 12.1 Å². The van der Waals surface area contributed by atoms with Gasteiger partial charge in [-0.1, -0.05) is 34.1 Å². The molecule has 0 saturated heterocycles. The number of hydrogen-bond acceptors (Lipinski definition) is 2. The lowest BCUT2D eigenvalue weighted by atomic mass is 9.94. The van der Waals surface area contributed by atoms with Crippen molar-refractivity contribution in [2.24, 2.45) is 5.84 Å². The van der Waals surface area contributed by atoms with Crippen LogP contribution in [0.4, 0.5) is 13.2 Å². The lowest BCUT2D eigenvalue weighted by molar-refractivity contribution is -0.138. The van der Waals surface area contributed by atoms with Gasteiger partial charge in [-0.3, -0.25) is 5.84 Å². The van der Waals surface area contributed by atoms with Gasteiger partial charge in [0.25, 0.3) is 0 Å². The van der Waals surface area contributed by atoms with Crippen LogP contribution in [0.5, 0.6) is 0 Å². The first kappa shape index (κ1) is 16.7. The van der Waals surface area contributed by atoms with Crippen molar-refractivity contribution in [2.45, 2.75) is 12.2 Å². The molecule has 0 amide bonds. The fourth-order valence-corrected chi connectivity index (χ4v) is 3.08. The Kier molecular flexibility index (Phi) is 5.29. The minimum absolute atomic E-state index is 0.0928. The van der Waals surface area contributed by atoms with Crippen molar-refractivity contribution in [3.63, 3.8) is 0 Å². The maximum atomic E-state index is 13.2. The van der Waals surface area contributed by atoms with Gasteiger partial charge in [-0.05, 0) is 58.0 Å². The fourth-order valence-electron chi connectivity index (χ4n) is 2.09. The minimum atomic E-state index is -4.43. The van der Waals surface area contributed by atoms with E-state index in [2.05, 4.69) is 43.9 Å². The zero-order chi connectivity index (χ0) is 15.6. The molecule has 21 heavy (non-hydrogen) atoms. The molecule has 7 heteroatoms. The Morgan fingerprint density at radius 2 is 1.76 bits per heavy atom. The quantitative estimate of drug-likeness (QED) is 0.390. The van der Waals surface area contributed by atoms with Gasteiger partial charge < -0.3 is 0 Å². The summed E-state index contributed by atoms with van der Waals surface area (Å²) in [5.41, 5.74) is 2.53. The number of hydrazine groups is 1. The zero-order valence-electron chi connectivity index (χ0n) is 10.6. The Balaban J connectivity index is 2.60. The first-order valence-corrected chi connectivity index (χ1v) is 7.79. The Morgan fingerprint density at radius 1 is 1.10 bits per heavy atom. The minimum Gasteiger partial charge on any atom is -0.271 e. The molecule has 112 valence electrons. The lowest BCUT2D eigenvalue weighted by Crippen LogP contribution is -2.31. The van der Waals surface area contributed by atoms with Crippen LogP contribution >= 0.6 is 38.5 Å². The Hall–Kier alpha value is -0.640. The second-order valence-corrected chi connectivity index (χ2v) is 6.45. The SMILES string of the molecule is NNC(c1cc(I)ccc1Br)c1ccccc1C(F)(F)F. The van der Waals surface area contributed by atoms with Crippen LogP contribution < -0.4 is 11.3 Å². The average molecular weight is 471 g/mol. The highest BCUT2D eigenvalue weighted by atomic mass is 127. The molecule has 0 aliphatic heterocycles. The summed E-state index contributed by atoms with van der Waals surface area (Å²) in [5.74, 6) is 5.53. The van der Waals surface area contributed by atoms with Crippen LogP contribution in [0.15, 0.2) is 46.9 Å². The van der Waals surface area contributed by atoms with Crippen LogP contribution in [-0.4, -0.2) is 0 Å². The molecule has 0 spiro atoms. The van der Waals surface area contributed by atoms with Crippen molar-refractivity contribution in [2.75, 3.05) is 0 Å². The van der Waals surface area contributed by atoms with Gasteiger partial charge in [0, 0.05) is 8.04 Å². The van der Waals surface area contributed by atoms with E-state index < -0.39 is 17.8 Å². The summed E-state index contributed by atoms with van der Waals surface area (Å²) in [5, 5.41) is 0. The topological polar surface area (TPSA) is 38.0 Å². The second-order valence-electron chi connectivity index (χ2n) is 4.35. The van der Waals surface area contributed by atoms with E-state index in [0.717, 1.165) is 9.64 Å². The summed E-state index contributed by atoms with van der Waals surface area (Å²) >= 11 is 5.47. The van der Waals surface area contributed by atoms with Crippen molar-refractivity contribution in [1.29, 1.82) is 0 Å². The standard InChI is InChI=1S/C14H11BrF3IN2/c15-12-6-5-8(19)7-10(12)13(21-20)9-3-1-2-4-11(9)14(16,17)18/h1-7,13,21H,20H2. The molecule has 0 heterocycles. The van der Waals surface area contributed by atoms with Gasteiger partial charge in [0.2, 0.25) is 0 Å². The molecule has 0 aromatic heterocycles. The number of nitrogens with two attached hydrogens (primary N) is 1. The number of benzene rings is 2. The van der Waals surface area contributed by atoms with E-state index in [4.69, 9.17) is 5.84 Å². The number of hydrogen-bond donors (Lipinski definition) is 2. The van der Waals surface area contributed by atoms with Gasteiger partial charge in [-0.25, -0.2) is 5.43 Å². The highest BCUT2D eigenvalue weighted by molar-refractivity contribution is 14.1. The third-order valence-corrected chi connectivity index (χ3v) is 4.41. The smallest absolute Gasteiger partial charge is 0.271 e. The predicted molar refractivity (Wildman–Crippen MR) is 87.5 cm³/mol. The number of nitrogens with one attached hydrogen (secondary N) is 1. The molecule has 0 saturated carbocycles. The van der Waals surface area contributed by atoms with Crippen molar-refractivity contribution in [3.8, 4) is 0 Å². The average Bonchev–Trinajstić information content (AvgIpc) is 2.43. The van der Waals surface area contributed by atoms with Crippen molar-refractivity contribution in [3.05, 3.63) is 67.2 Å². The number of halogens is 5. The molecule has 2 aromatic carbocycles. The van der Waals surface area contributed by atoms with E-state index in [0.29, 0.717) is 10.0 Å². The van der Waals surface area contributed by atoms with Crippen LogP contribution in [0, 0.1) is 3.57 Å². The van der Waals surface area contributed by atoms with Gasteiger partial charge in [0.1, 0.15) is 0 Å². The first-order valence-electron chi connectivity index (χ1n) is 5.91. The second kappa shape index (κ2) is 6.64. The van der Waals surface area contributed by atoms with Crippen LogP contribution in [-0.2, 0) is 6.18 Å². The predicted octanol–water partition coefficient (Wildman–Crippen LogP) is 4.63. The molecule has 0 fully saturated rings. The van der Waals surface area contributed by atoms with Gasteiger partial charge in [-0.2, -0.15) is 13.2 Å². The monoisotopic (exact) mass is 470 g/mol. The number of alkyl halides is 3. The number of rotatable bonds is 3. The van der Waals surface area contributed by atoms with E-state index >= 15 is 0 Å². The molecule has 2 nitrogen and oxygen atoms in total. The van der Waals surface area contributed by atoms with E-state index in [9.17, 15) is 13.2 Å². The first-order chi connectivity index (χ1) is 9.84. The molecular weight excluding hydrogens is 460 g/mol. The zero-order valence-corrected chi connectivity index (χ0v) is 14.3. The summed E-state index contributed by atoms with van der Waals surface area (Å²) < 4.78 is 41.1. The van der Waals surface area contributed by atoms with Gasteiger partial charge >= 0.3 is 6.18 Å². The maximum Gasteiger partial charge on any atom is 0.416 e. The molecule has 1 unspecified atom stereocenters. The van der Waals surface area contributed by atoms with Crippen molar-refractivity contribution >= 4 is 38.5 Å². The van der Waals surface area contributed by atoms with Crippen LogP contribution in [0.2, 0.25) is 0 Å². The lowest BCUT2D eigenvalue weighted by Gasteiger charge is -2.22. The van der Waals surface area contributed by atoms with E-state index in [1.807, 2.05) is 6.07 Å². The normalized spacial score (nSPS) is 13.2. The molecule has 1 atom stereocenters. The summed E-state index contributed by atoms with van der Waals surface area (Å²) in [7, 11) is 0. The highest BCUT2D eigenvalue weighted by Crippen LogP contribution is 2.38.